The topological polar surface area (TPSA) is 143 Å². The van der Waals surface area contributed by atoms with Crippen molar-refractivity contribution in [3.05, 3.63) is 95.3 Å². The van der Waals surface area contributed by atoms with Crippen LogP contribution in [0.15, 0.2) is 84.0 Å². The molecule has 0 saturated carbocycles. The molecule has 0 radical (unpaired) electrons. The molecule has 0 bridgehead atoms. The highest BCUT2D eigenvalue weighted by molar-refractivity contribution is 7.91. The van der Waals surface area contributed by atoms with Gasteiger partial charge in [0.1, 0.15) is 11.8 Å². The number of carboxylic acid groups (broad SMARTS) is 1. The number of carbonyl (C=O) groups is 2. The van der Waals surface area contributed by atoms with E-state index < -0.39 is 39.7 Å². The number of hydrogen-bond acceptors (Lipinski definition) is 8. The summed E-state index contributed by atoms with van der Waals surface area (Å²) >= 11 is 6.39. The number of sulfone groups is 1. The quantitative estimate of drug-likeness (QED) is 0.178. The fraction of sp³-hybridized carbons (Fsp3) is 0.281. The lowest BCUT2D eigenvalue weighted by atomic mass is 9.93. The zero-order valence-electron chi connectivity index (χ0n) is 24.3. The Kier molecular flexibility index (Phi) is 9.10. The minimum Gasteiger partial charge on any atom is -0.492 e. The second-order valence-electron chi connectivity index (χ2n) is 10.5. The Balaban J connectivity index is 1.66. The summed E-state index contributed by atoms with van der Waals surface area (Å²) in [5.74, 6) is 4.32. The van der Waals surface area contributed by atoms with E-state index in [9.17, 15) is 23.1 Å². The van der Waals surface area contributed by atoms with Gasteiger partial charge in [0.05, 0.1) is 39.9 Å². The molecule has 4 aromatic rings. The van der Waals surface area contributed by atoms with Crippen LogP contribution >= 0.6 is 11.6 Å². The molecule has 3 N–H and O–H groups in total. The molecule has 1 aromatic heterocycles. The van der Waals surface area contributed by atoms with Crippen molar-refractivity contribution in [1.29, 1.82) is 0 Å². The number of amides is 1. The Hall–Kier alpha value is -4.19. The minimum atomic E-state index is -3.74. The van der Waals surface area contributed by atoms with Crippen LogP contribution in [-0.4, -0.2) is 54.2 Å². The number of rotatable bonds is 10. The molecule has 12 heteroatoms. The fourth-order valence-corrected chi connectivity index (χ4v) is 7.08. The van der Waals surface area contributed by atoms with E-state index in [-0.39, 0.29) is 29.2 Å². The lowest BCUT2D eigenvalue weighted by molar-refractivity contribution is -0.143. The molecule has 2 unspecified atom stereocenters. The van der Waals surface area contributed by atoms with Crippen LogP contribution in [-0.2, 0) is 19.4 Å². The third-order valence-corrected chi connectivity index (χ3v) is 10.1. The lowest BCUT2D eigenvalue weighted by Gasteiger charge is -2.36. The number of carbonyl (C=O) groups excluding carboxylic acids is 1. The molecule has 3 aromatic carbocycles. The summed E-state index contributed by atoms with van der Waals surface area (Å²) in [5.41, 5.74) is 1.25. The molecule has 10 nitrogen and oxygen atoms in total. The Labute approximate surface area is 260 Å². The first-order chi connectivity index (χ1) is 21.1. The van der Waals surface area contributed by atoms with Gasteiger partial charge in [-0.15, -0.1) is 0 Å². The average molecular weight is 637 g/mol. The van der Waals surface area contributed by atoms with Crippen LogP contribution < -0.4 is 15.6 Å². The molecule has 0 spiro atoms. The highest BCUT2D eigenvalue weighted by Crippen LogP contribution is 2.43. The predicted octanol–water partition coefficient (Wildman–Crippen LogP) is 5.18. The molecular weight excluding hydrogens is 604 g/mol. The molecule has 1 saturated heterocycles. The normalized spacial score (nSPS) is 17.4. The maximum Gasteiger partial charge on any atom is 0.309 e. The zero-order valence-corrected chi connectivity index (χ0v) is 25.8. The molecular formula is C32H33ClN4O6S. The summed E-state index contributed by atoms with van der Waals surface area (Å²) in [6.07, 6.45) is 3.52. The second-order valence-corrected chi connectivity index (χ2v) is 13.1. The van der Waals surface area contributed by atoms with Crippen LogP contribution in [0.25, 0.3) is 10.8 Å². The lowest BCUT2D eigenvalue weighted by Crippen LogP contribution is -2.47. The van der Waals surface area contributed by atoms with E-state index in [1.165, 1.54) is 22.9 Å². The van der Waals surface area contributed by atoms with Gasteiger partial charge in [-0.05, 0) is 66.3 Å². The maximum atomic E-state index is 14.7. The summed E-state index contributed by atoms with van der Waals surface area (Å²) in [5, 5.41) is 13.6. The van der Waals surface area contributed by atoms with Crippen LogP contribution in [0.2, 0.25) is 5.02 Å². The molecule has 44 heavy (non-hydrogen) atoms. The molecule has 2 heterocycles. The Bertz CT molecular complexity index is 1820. The van der Waals surface area contributed by atoms with Gasteiger partial charge in [-0.3, -0.25) is 19.6 Å². The fourth-order valence-electron chi connectivity index (χ4n) is 5.76. The summed E-state index contributed by atoms with van der Waals surface area (Å²) in [6, 6.07) is 16.3. The highest BCUT2D eigenvalue weighted by atomic mass is 35.5. The number of ether oxygens (including phenoxy) is 1. The molecule has 5 rings (SSSR count). The monoisotopic (exact) mass is 636 g/mol. The number of nitrogens with two attached hydrogens (primary N) is 1. The second kappa shape index (κ2) is 12.8. The van der Waals surface area contributed by atoms with Gasteiger partial charge in [-0.1, -0.05) is 48.9 Å². The van der Waals surface area contributed by atoms with Gasteiger partial charge in [0, 0.05) is 24.3 Å². The van der Waals surface area contributed by atoms with E-state index in [1.54, 1.807) is 54.9 Å². The van der Waals surface area contributed by atoms with Gasteiger partial charge in [-0.25, -0.2) is 14.3 Å². The summed E-state index contributed by atoms with van der Waals surface area (Å²) in [4.78, 5) is 32.8. The molecule has 230 valence electrons. The molecule has 3 atom stereocenters. The third-order valence-electron chi connectivity index (χ3n) is 7.96. The van der Waals surface area contributed by atoms with Crippen molar-refractivity contribution in [1.82, 2.24) is 9.88 Å². The Morgan fingerprint density at radius 2 is 1.89 bits per heavy atom. The number of carboxylic acids is 1. The van der Waals surface area contributed by atoms with E-state index in [0.29, 0.717) is 28.6 Å². The van der Waals surface area contributed by atoms with Crippen molar-refractivity contribution >= 4 is 49.8 Å². The van der Waals surface area contributed by atoms with Crippen LogP contribution in [0.4, 0.5) is 5.69 Å². The smallest absolute Gasteiger partial charge is 0.309 e. The van der Waals surface area contributed by atoms with Crippen molar-refractivity contribution in [2.75, 3.05) is 23.9 Å². The number of halogens is 1. The van der Waals surface area contributed by atoms with E-state index in [0.717, 1.165) is 10.8 Å². The van der Waals surface area contributed by atoms with Crippen molar-refractivity contribution in [2.24, 2.45) is 11.8 Å². The van der Waals surface area contributed by atoms with Crippen LogP contribution in [0.1, 0.15) is 43.5 Å². The first-order valence-electron chi connectivity index (χ1n) is 14.2. The number of benzene rings is 3. The number of fused-ring (bicyclic) bond motifs is 1. The van der Waals surface area contributed by atoms with Gasteiger partial charge in [0.15, 0.2) is 9.84 Å². The van der Waals surface area contributed by atoms with Crippen LogP contribution in [0, 0.1) is 5.92 Å². The summed E-state index contributed by atoms with van der Waals surface area (Å²) in [6.45, 7) is 3.76. The molecule has 1 aliphatic rings. The van der Waals surface area contributed by atoms with Crippen molar-refractivity contribution in [2.45, 2.75) is 37.2 Å². The first-order valence-corrected chi connectivity index (χ1v) is 16.2. The predicted molar refractivity (Wildman–Crippen MR) is 168 cm³/mol. The van der Waals surface area contributed by atoms with Gasteiger partial charge in [-0.2, -0.15) is 0 Å². The van der Waals surface area contributed by atoms with Crippen molar-refractivity contribution in [3.63, 3.8) is 0 Å². The number of hydrogen-bond donors (Lipinski definition) is 2. The number of aliphatic carboxylic acids is 1. The highest BCUT2D eigenvalue weighted by Gasteiger charge is 2.46. The zero-order chi connectivity index (χ0) is 31.6. The van der Waals surface area contributed by atoms with Gasteiger partial charge in [0.25, 0.3) is 5.91 Å². The standard InChI is InChI=1S/C32H33ClN4O6S/c1-3-43-27-18-21(10-12-26(27)33)29(37(34)23-11-9-22-19-35-15-13-20(22)17-23)31(38)36-16-14-25(32(39)40)30(36)24-7-5-6-8-28(24)44(41,42)4-2/h5-13,15,17-19,25,29-30H,3-4,14,16,34H2,1-2H3,(H,39,40)/t25?,29-,30?/m1/s1. The van der Waals surface area contributed by atoms with Crippen LogP contribution in [0.5, 0.6) is 5.75 Å². The number of pyridine rings is 1. The van der Waals surface area contributed by atoms with E-state index >= 15 is 0 Å². The third kappa shape index (κ3) is 5.95. The van der Waals surface area contributed by atoms with E-state index in [2.05, 4.69) is 4.98 Å². The van der Waals surface area contributed by atoms with E-state index in [4.69, 9.17) is 22.2 Å². The van der Waals surface area contributed by atoms with Gasteiger partial charge < -0.3 is 14.7 Å². The largest absolute Gasteiger partial charge is 0.492 e. The number of nitrogens with zero attached hydrogens (tertiary/aromatic N) is 3. The number of aromatic nitrogens is 1. The van der Waals surface area contributed by atoms with Gasteiger partial charge >= 0.3 is 5.97 Å². The molecule has 0 aliphatic carbocycles. The summed E-state index contributed by atoms with van der Waals surface area (Å²) < 4.78 is 31.9. The summed E-state index contributed by atoms with van der Waals surface area (Å²) in [7, 11) is -3.74. The van der Waals surface area contributed by atoms with E-state index in [1.807, 2.05) is 25.1 Å². The molecule has 1 amide bonds. The number of hydrazine groups is 1. The van der Waals surface area contributed by atoms with Crippen molar-refractivity contribution < 1.29 is 27.9 Å². The number of anilines is 1. The maximum absolute atomic E-state index is 14.7. The first kappa shape index (κ1) is 31.2. The Morgan fingerprint density at radius 1 is 1.11 bits per heavy atom. The molecule has 1 aliphatic heterocycles. The average Bonchev–Trinajstić information content (AvgIpc) is 3.48. The SMILES string of the molecule is CCOc1cc([C@H](C(=O)N2CCC(C(=O)O)C2c2ccccc2S(=O)(=O)CC)N(N)c2ccc3cnccc3c2)ccc1Cl. The molecule has 1 fully saturated rings. The van der Waals surface area contributed by atoms with Crippen LogP contribution in [0.3, 0.4) is 0 Å². The Morgan fingerprint density at radius 3 is 2.61 bits per heavy atom. The minimum absolute atomic E-state index is 0.00729. The van der Waals surface area contributed by atoms with Gasteiger partial charge in [0.2, 0.25) is 0 Å². The van der Waals surface area contributed by atoms with Crippen molar-refractivity contribution in [3.8, 4) is 5.75 Å². The number of likely N-dealkylation sites (tertiary alicyclic amines) is 1.